The topological polar surface area (TPSA) is 0 Å². The summed E-state index contributed by atoms with van der Waals surface area (Å²) in [6.07, 6.45) is 12.2. The molecule has 0 heterocycles. The number of allylic oxidation sites excluding steroid dienone is 3. The fourth-order valence-electron chi connectivity index (χ4n) is 3.63. The predicted octanol–water partition coefficient (Wildman–Crippen LogP) is 6.37. The number of benzene rings is 1. The van der Waals surface area contributed by atoms with Crippen LogP contribution in [0, 0.1) is 17.8 Å². The highest BCUT2D eigenvalue weighted by molar-refractivity contribution is 5.27. The van der Waals surface area contributed by atoms with Gasteiger partial charge in [-0.15, -0.1) is 0 Å². The number of hydrogen-bond donors (Lipinski definition) is 0. The maximum absolute atomic E-state index is 4.35. The fraction of sp³-hybridized carbons (Fsp3) is 0.545. The molecule has 1 aromatic rings. The van der Waals surface area contributed by atoms with E-state index in [2.05, 4.69) is 63.8 Å². The molecule has 1 saturated carbocycles. The molecule has 0 radical (unpaired) electrons. The lowest BCUT2D eigenvalue weighted by Gasteiger charge is -2.32. The van der Waals surface area contributed by atoms with Crippen molar-refractivity contribution >= 4 is 0 Å². The van der Waals surface area contributed by atoms with E-state index in [0.717, 1.165) is 24.7 Å². The minimum absolute atomic E-state index is 0.708. The van der Waals surface area contributed by atoms with Gasteiger partial charge in [-0.25, -0.2) is 0 Å². The maximum atomic E-state index is 4.35. The van der Waals surface area contributed by atoms with Crippen molar-refractivity contribution < 1.29 is 0 Å². The van der Waals surface area contributed by atoms with Gasteiger partial charge in [0.1, 0.15) is 0 Å². The van der Waals surface area contributed by atoms with Crippen molar-refractivity contribution in [2.24, 2.45) is 17.8 Å². The largest absolute Gasteiger partial charge is 0.0956 e. The molecule has 2 atom stereocenters. The molecule has 120 valence electrons. The zero-order chi connectivity index (χ0) is 15.9. The van der Waals surface area contributed by atoms with Crippen molar-refractivity contribution in [3.63, 3.8) is 0 Å². The van der Waals surface area contributed by atoms with E-state index < -0.39 is 0 Å². The first kappa shape index (κ1) is 17.1. The summed E-state index contributed by atoms with van der Waals surface area (Å²) >= 11 is 0. The molecular formula is C22H32. The lowest BCUT2D eigenvalue weighted by molar-refractivity contribution is 0.237. The highest BCUT2D eigenvalue weighted by atomic mass is 14.3. The number of hydrogen-bond acceptors (Lipinski definition) is 0. The second-order valence-corrected chi connectivity index (χ2v) is 7.22. The van der Waals surface area contributed by atoms with E-state index in [1.807, 2.05) is 0 Å². The van der Waals surface area contributed by atoms with E-state index in [1.54, 1.807) is 0 Å². The van der Waals surface area contributed by atoms with Crippen LogP contribution in [0.5, 0.6) is 0 Å². The molecule has 1 fully saturated rings. The molecule has 1 aromatic carbocycles. The number of rotatable bonds is 6. The van der Waals surface area contributed by atoms with Gasteiger partial charge in [0.25, 0.3) is 0 Å². The third kappa shape index (κ3) is 4.87. The van der Waals surface area contributed by atoms with Gasteiger partial charge in [0, 0.05) is 0 Å². The molecule has 0 N–H and O–H groups in total. The Labute approximate surface area is 137 Å². The first-order valence-electron chi connectivity index (χ1n) is 9.03. The average Bonchev–Trinajstić information content (AvgIpc) is 2.55. The first-order chi connectivity index (χ1) is 10.6. The van der Waals surface area contributed by atoms with Gasteiger partial charge in [0.15, 0.2) is 0 Å². The Kier molecular flexibility index (Phi) is 6.49. The van der Waals surface area contributed by atoms with Crippen LogP contribution in [0.2, 0.25) is 0 Å². The monoisotopic (exact) mass is 296 g/mol. The molecule has 0 aliphatic heterocycles. The third-order valence-corrected chi connectivity index (χ3v) is 5.27. The number of aryl methyl sites for hydroxylation is 1. The summed E-state index contributed by atoms with van der Waals surface area (Å²) in [6.45, 7) is 11.3. The van der Waals surface area contributed by atoms with Gasteiger partial charge in [-0.1, -0.05) is 82.2 Å². The van der Waals surface area contributed by atoms with Crippen LogP contribution in [0.15, 0.2) is 48.6 Å². The fourth-order valence-corrected chi connectivity index (χ4v) is 3.63. The highest BCUT2D eigenvalue weighted by Gasteiger charge is 2.24. The molecule has 22 heavy (non-hydrogen) atoms. The molecule has 2 rings (SSSR count). The van der Waals surface area contributed by atoms with Crippen LogP contribution >= 0.6 is 0 Å². The second kappa shape index (κ2) is 8.36. The van der Waals surface area contributed by atoms with Gasteiger partial charge in [-0.05, 0) is 54.6 Å². The Morgan fingerprint density at radius 3 is 2.77 bits per heavy atom. The van der Waals surface area contributed by atoms with Crippen molar-refractivity contribution in [2.75, 3.05) is 0 Å². The lowest BCUT2D eigenvalue weighted by atomic mass is 9.74. The van der Waals surface area contributed by atoms with Crippen molar-refractivity contribution in [1.82, 2.24) is 0 Å². The van der Waals surface area contributed by atoms with Crippen molar-refractivity contribution in [3.8, 4) is 0 Å². The SMILES string of the molecule is C=C(/C=C\Cc1cccc(CC)c1)C1CCCC(C(C)C)C1. The van der Waals surface area contributed by atoms with Crippen molar-refractivity contribution in [1.29, 1.82) is 0 Å². The summed E-state index contributed by atoms with van der Waals surface area (Å²) in [4.78, 5) is 0. The van der Waals surface area contributed by atoms with Crippen LogP contribution in [-0.2, 0) is 12.8 Å². The minimum atomic E-state index is 0.708. The highest BCUT2D eigenvalue weighted by Crippen LogP contribution is 2.37. The zero-order valence-electron chi connectivity index (χ0n) is 14.6. The molecule has 0 nitrogen and oxygen atoms in total. The van der Waals surface area contributed by atoms with Gasteiger partial charge >= 0.3 is 0 Å². The van der Waals surface area contributed by atoms with Crippen LogP contribution in [0.25, 0.3) is 0 Å². The van der Waals surface area contributed by atoms with Crippen LogP contribution in [0.4, 0.5) is 0 Å². The molecule has 0 aromatic heterocycles. The molecule has 0 amide bonds. The van der Waals surface area contributed by atoms with Crippen molar-refractivity contribution in [2.45, 2.75) is 59.3 Å². The van der Waals surface area contributed by atoms with Gasteiger partial charge in [0.2, 0.25) is 0 Å². The van der Waals surface area contributed by atoms with Crippen LogP contribution in [-0.4, -0.2) is 0 Å². The second-order valence-electron chi connectivity index (χ2n) is 7.22. The summed E-state index contributed by atoms with van der Waals surface area (Å²) in [7, 11) is 0. The first-order valence-corrected chi connectivity index (χ1v) is 9.03. The van der Waals surface area contributed by atoms with E-state index in [9.17, 15) is 0 Å². The summed E-state index contributed by atoms with van der Waals surface area (Å²) in [5.74, 6) is 2.42. The predicted molar refractivity (Wildman–Crippen MR) is 98.1 cm³/mol. The van der Waals surface area contributed by atoms with Crippen molar-refractivity contribution in [3.05, 3.63) is 59.7 Å². The molecule has 1 aliphatic rings. The quantitative estimate of drug-likeness (QED) is 0.535. The molecular weight excluding hydrogens is 264 g/mol. The maximum Gasteiger partial charge on any atom is -0.00941 e. The Bertz CT molecular complexity index is 507. The Morgan fingerprint density at radius 1 is 1.27 bits per heavy atom. The molecule has 0 spiro atoms. The standard InChI is InChI=1S/C22H32/c1-5-19-10-7-12-20(15-19)11-6-9-18(4)22-14-8-13-21(16-22)17(2)3/h6-7,9-10,12,15,17,21-22H,4-5,8,11,13-14,16H2,1-3H3/b9-6-. The summed E-state index contributed by atoms with van der Waals surface area (Å²) < 4.78 is 0. The summed E-state index contributed by atoms with van der Waals surface area (Å²) in [5, 5.41) is 0. The van der Waals surface area contributed by atoms with E-state index in [1.165, 1.54) is 42.4 Å². The van der Waals surface area contributed by atoms with E-state index >= 15 is 0 Å². The summed E-state index contributed by atoms with van der Waals surface area (Å²) in [6, 6.07) is 8.93. The van der Waals surface area contributed by atoms with Crippen LogP contribution in [0.1, 0.15) is 57.6 Å². The third-order valence-electron chi connectivity index (χ3n) is 5.27. The Balaban J connectivity index is 1.88. The molecule has 0 saturated heterocycles. The van der Waals surface area contributed by atoms with Gasteiger partial charge in [0.05, 0.1) is 0 Å². The summed E-state index contributed by atoms with van der Waals surface area (Å²) in [5.41, 5.74) is 4.18. The van der Waals surface area contributed by atoms with Crippen LogP contribution in [0.3, 0.4) is 0 Å². The minimum Gasteiger partial charge on any atom is -0.0956 e. The van der Waals surface area contributed by atoms with E-state index in [4.69, 9.17) is 0 Å². The average molecular weight is 296 g/mol. The molecule has 0 bridgehead atoms. The Morgan fingerprint density at radius 2 is 2.05 bits per heavy atom. The van der Waals surface area contributed by atoms with Gasteiger partial charge in [-0.3, -0.25) is 0 Å². The Hall–Kier alpha value is -1.30. The van der Waals surface area contributed by atoms with Gasteiger partial charge < -0.3 is 0 Å². The molecule has 2 unspecified atom stereocenters. The van der Waals surface area contributed by atoms with E-state index in [-0.39, 0.29) is 0 Å². The zero-order valence-corrected chi connectivity index (χ0v) is 14.6. The normalized spacial score (nSPS) is 22.4. The smallest absolute Gasteiger partial charge is 0.00941 e. The van der Waals surface area contributed by atoms with Crippen LogP contribution < -0.4 is 0 Å². The molecule has 0 heteroatoms. The van der Waals surface area contributed by atoms with E-state index in [0.29, 0.717) is 5.92 Å². The van der Waals surface area contributed by atoms with Gasteiger partial charge in [-0.2, -0.15) is 0 Å². The molecule has 1 aliphatic carbocycles. The lowest BCUT2D eigenvalue weighted by Crippen LogP contribution is -2.20.